The van der Waals surface area contributed by atoms with Crippen molar-refractivity contribution in [2.45, 2.75) is 6.42 Å². The smallest absolute Gasteiger partial charge is 0.187 e. The molecule has 0 bridgehead atoms. The third-order valence-corrected chi connectivity index (χ3v) is 3.31. The minimum Gasteiger partial charge on any atom is -0.550 e. The Morgan fingerprint density at radius 1 is 1.41 bits per heavy atom. The lowest BCUT2D eigenvalue weighted by Crippen LogP contribution is -2.24. The molecule has 0 aliphatic carbocycles. The van der Waals surface area contributed by atoms with Crippen LogP contribution in [0.4, 0.5) is 10.8 Å². The molecule has 0 fully saturated rings. The Bertz CT molecular complexity index is 525. The molecule has 0 atom stereocenters. The van der Waals surface area contributed by atoms with E-state index < -0.39 is 5.97 Å². The number of rotatable bonds is 4. The van der Waals surface area contributed by atoms with Gasteiger partial charge in [0.25, 0.3) is 0 Å². The molecular weight excluding hydrogens is 304 g/mol. The van der Waals surface area contributed by atoms with Gasteiger partial charge >= 0.3 is 0 Å². The van der Waals surface area contributed by atoms with E-state index in [1.807, 2.05) is 24.3 Å². The SMILES string of the molecule is O=C([O-])Cc1csc(Nc2ccc(Br)cc2)n1. The molecule has 0 radical (unpaired) electrons. The monoisotopic (exact) mass is 311 g/mol. The molecule has 0 aliphatic heterocycles. The number of carboxylic acids is 1. The summed E-state index contributed by atoms with van der Waals surface area (Å²) in [6.45, 7) is 0. The Kier molecular flexibility index (Phi) is 3.75. The summed E-state index contributed by atoms with van der Waals surface area (Å²) in [7, 11) is 0. The maximum atomic E-state index is 10.4. The number of aromatic nitrogens is 1. The third-order valence-electron chi connectivity index (χ3n) is 1.97. The van der Waals surface area contributed by atoms with Gasteiger partial charge in [0.2, 0.25) is 0 Å². The van der Waals surface area contributed by atoms with Gasteiger partial charge < -0.3 is 15.2 Å². The van der Waals surface area contributed by atoms with Crippen molar-refractivity contribution in [1.82, 2.24) is 4.98 Å². The maximum absolute atomic E-state index is 10.4. The Morgan fingerprint density at radius 2 is 2.12 bits per heavy atom. The normalized spacial score (nSPS) is 10.2. The van der Waals surface area contributed by atoms with Crippen molar-refractivity contribution in [3.8, 4) is 0 Å². The molecule has 2 rings (SSSR count). The highest BCUT2D eigenvalue weighted by Crippen LogP contribution is 2.22. The van der Waals surface area contributed by atoms with Gasteiger partial charge in [0, 0.05) is 27.9 Å². The Balaban J connectivity index is 2.06. The van der Waals surface area contributed by atoms with Gasteiger partial charge in [0.05, 0.1) is 5.69 Å². The Labute approximate surface area is 110 Å². The molecule has 4 nitrogen and oxygen atoms in total. The standard InChI is InChI=1S/C11H9BrN2O2S/c12-7-1-3-8(4-2-7)13-11-14-9(6-17-11)5-10(15)16/h1-4,6H,5H2,(H,13,14)(H,15,16)/p-1. The number of hydrogen-bond donors (Lipinski definition) is 1. The van der Waals surface area contributed by atoms with E-state index in [-0.39, 0.29) is 6.42 Å². The van der Waals surface area contributed by atoms with Crippen molar-refractivity contribution in [1.29, 1.82) is 0 Å². The van der Waals surface area contributed by atoms with Crippen molar-refractivity contribution in [2.75, 3.05) is 5.32 Å². The topological polar surface area (TPSA) is 65.0 Å². The van der Waals surface area contributed by atoms with Crippen LogP contribution in [0.25, 0.3) is 0 Å². The third kappa shape index (κ3) is 3.54. The first-order chi connectivity index (χ1) is 8.13. The highest BCUT2D eigenvalue weighted by Gasteiger charge is 2.02. The van der Waals surface area contributed by atoms with Gasteiger partial charge in [-0.25, -0.2) is 4.98 Å². The summed E-state index contributed by atoms with van der Waals surface area (Å²) in [5.41, 5.74) is 1.41. The van der Waals surface area contributed by atoms with Crippen molar-refractivity contribution in [3.63, 3.8) is 0 Å². The number of nitrogens with zero attached hydrogens (tertiary/aromatic N) is 1. The van der Waals surface area contributed by atoms with Gasteiger partial charge in [-0.3, -0.25) is 0 Å². The lowest BCUT2D eigenvalue weighted by atomic mass is 10.3. The molecule has 6 heteroatoms. The number of carbonyl (C=O) groups excluding carboxylic acids is 1. The van der Waals surface area contributed by atoms with Crippen LogP contribution in [-0.4, -0.2) is 11.0 Å². The first-order valence-electron chi connectivity index (χ1n) is 4.80. The second kappa shape index (κ2) is 5.29. The van der Waals surface area contributed by atoms with Crippen LogP contribution in [0.3, 0.4) is 0 Å². The second-order valence-corrected chi connectivity index (χ2v) is 5.10. The van der Waals surface area contributed by atoms with Crippen LogP contribution in [0, 0.1) is 0 Å². The van der Waals surface area contributed by atoms with Crippen molar-refractivity contribution in [2.24, 2.45) is 0 Å². The van der Waals surface area contributed by atoms with E-state index in [1.165, 1.54) is 11.3 Å². The minimum absolute atomic E-state index is 0.154. The van der Waals surface area contributed by atoms with E-state index in [0.29, 0.717) is 10.8 Å². The lowest BCUT2D eigenvalue weighted by Gasteiger charge is -2.02. The maximum Gasteiger partial charge on any atom is 0.187 e. The van der Waals surface area contributed by atoms with Crippen LogP contribution in [0.1, 0.15) is 5.69 Å². The quantitative estimate of drug-likeness (QED) is 0.937. The Morgan fingerprint density at radius 3 is 2.76 bits per heavy atom. The predicted octanol–water partition coefficient (Wildman–Crippen LogP) is 1.94. The molecule has 0 saturated carbocycles. The van der Waals surface area contributed by atoms with Gasteiger partial charge in [-0.05, 0) is 24.3 Å². The molecule has 1 heterocycles. The highest BCUT2D eigenvalue weighted by molar-refractivity contribution is 9.10. The molecule has 1 N–H and O–H groups in total. The number of halogens is 1. The number of hydrogen-bond acceptors (Lipinski definition) is 5. The van der Waals surface area contributed by atoms with Crippen LogP contribution < -0.4 is 10.4 Å². The first kappa shape index (κ1) is 12.1. The molecule has 0 unspecified atom stereocenters. The zero-order chi connectivity index (χ0) is 12.3. The van der Waals surface area contributed by atoms with Crippen molar-refractivity contribution >= 4 is 44.1 Å². The average Bonchev–Trinajstić information content (AvgIpc) is 2.68. The van der Waals surface area contributed by atoms with Gasteiger partial charge in [-0.1, -0.05) is 15.9 Å². The number of nitrogens with one attached hydrogen (secondary N) is 1. The molecule has 1 aromatic carbocycles. The van der Waals surface area contributed by atoms with Gasteiger partial charge in [-0.2, -0.15) is 0 Å². The predicted molar refractivity (Wildman–Crippen MR) is 68.2 cm³/mol. The molecule has 17 heavy (non-hydrogen) atoms. The fourth-order valence-electron chi connectivity index (χ4n) is 1.25. The largest absolute Gasteiger partial charge is 0.550 e. The number of benzene rings is 1. The first-order valence-corrected chi connectivity index (χ1v) is 6.47. The summed E-state index contributed by atoms with van der Waals surface area (Å²) in [6, 6.07) is 7.64. The minimum atomic E-state index is -1.12. The fourth-order valence-corrected chi connectivity index (χ4v) is 2.24. The summed E-state index contributed by atoms with van der Waals surface area (Å²) >= 11 is 4.71. The van der Waals surface area contributed by atoms with Crippen LogP contribution in [0.15, 0.2) is 34.1 Å². The number of thiazole rings is 1. The summed E-state index contributed by atoms with van der Waals surface area (Å²) in [4.78, 5) is 14.5. The lowest BCUT2D eigenvalue weighted by molar-refractivity contribution is -0.304. The van der Waals surface area contributed by atoms with Gasteiger partial charge in [0.15, 0.2) is 5.13 Å². The molecule has 0 aliphatic rings. The summed E-state index contributed by atoms with van der Waals surface area (Å²) in [5.74, 6) is -1.12. The number of carbonyl (C=O) groups is 1. The van der Waals surface area contributed by atoms with Crippen LogP contribution in [0.2, 0.25) is 0 Å². The van der Waals surface area contributed by atoms with E-state index >= 15 is 0 Å². The van der Waals surface area contributed by atoms with Gasteiger partial charge in [-0.15, -0.1) is 11.3 Å². The Hall–Kier alpha value is -1.40. The van der Waals surface area contributed by atoms with E-state index in [2.05, 4.69) is 26.2 Å². The van der Waals surface area contributed by atoms with Crippen molar-refractivity contribution in [3.05, 3.63) is 39.8 Å². The molecule has 88 valence electrons. The number of anilines is 2. The van der Waals surface area contributed by atoms with Gasteiger partial charge in [0.1, 0.15) is 0 Å². The number of carboxylic acid groups (broad SMARTS) is 1. The van der Waals surface area contributed by atoms with Crippen LogP contribution in [-0.2, 0) is 11.2 Å². The summed E-state index contributed by atoms with van der Waals surface area (Å²) in [5, 5.41) is 15.9. The second-order valence-electron chi connectivity index (χ2n) is 3.32. The van der Waals surface area contributed by atoms with E-state index in [9.17, 15) is 9.90 Å². The highest BCUT2D eigenvalue weighted by atomic mass is 79.9. The summed E-state index contributed by atoms with van der Waals surface area (Å²) in [6.07, 6.45) is -0.154. The zero-order valence-corrected chi connectivity index (χ0v) is 11.0. The molecule has 2 aromatic rings. The fraction of sp³-hybridized carbons (Fsp3) is 0.0909. The summed E-state index contributed by atoms with van der Waals surface area (Å²) < 4.78 is 1.000. The molecular formula is C11H8BrN2O2S-. The molecule has 0 saturated heterocycles. The zero-order valence-electron chi connectivity index (χ0n) is 8.64. The molecule has 0 amide bonds. The molecule has 1 aromatic heterocycles. The number of aliphatic carboxylic acids is 1. The van der Waals surface area contributed by atoms with Crippen molar-refractivity contribution < 1.29 is 9.90 Å². The van der Waals surface area contributed by atoms with E-state index in [0.717, 1.165) is 10.2 Å². The average molecular weight is 312 g/mol. The van der Waals surface area contributed by atoms with Crippen LogP contribution >= 0.6 is 27.3 Å². The van der Waals surface area contributed by atoms with E-state index in [4.69, 9.17) is 0 Å². The van der Waals surface area contributed by atoms with E-state index in [1.54, 1.807) is 5.38 Å². The molecule has 0 spiro atoms. The van der Waals surface area contributed by atoms with Crippen LogP contribution in [0.5, 0.6) is 0 Å².